The van der Waals surface area contributed by atoms with Gasteiger partial charge in [-0.3, -0.25) is 4.99 Å². The molecule has 1 heterocycles. The smallest absolute Gasteiger partial charge is 0.185 e. The molecule has 5 N–H and O–H groups in total. The molecular weight excluding hydrogens is 272 g/mol. The number of nitrogens with two attached hydrogens (primary N) is 2. The maximum absolute atomic E-state index is 5.44. The highest BCUT2D eigenvalue weighted by molar-refractivity contribution is 6.07. The molecule has 1 aromatic heterocycles. The van der Waals surface area contributed by atoms with E-state index < -0.39 is 0 Å². The molecule has 4 heteroatoms. The summed E-state index contributed by atoms with van der Waals surface area (Å²) in [5.74, 6) is 0.153. The molecule has 0 atom stereocenters. The Morgan fingerprint density at radius 1 is 1.05 bits per heavy atom. The number of rotatable bonds is 4. The van der Waals surface area contributed by atoms with Crippen molar-refractivity contribution in [2.45, 2.75) is 20.3 Å². The standard InChI is InChI=1S/C18H22N4/c1-18(2,11-21-17(19)20)10-12-7-8-16-14(9-12)13-5-3-4-6-15(13)22-16/h3-9,22H,10-11H2,1-2H3,(H4,19,20,21). The molecule has 0 radical (unpaired) electrons. The predicted molar refractivity (Wildman–Crippen MR) is 94.0 cm³/mol. The first-order chi connectivity index (χ1) is 10.4. The molecule has 0 spiro atoms. The molecular formula is C18H22N4. The van der Waals surface area contributed by atoms with Crippen LogP contribution in [0.2, 0.25) is 0 Å². The summed E-state index contributed by atoms with van der Waals surface area (Å²) in [5, 5.41) is 2.53. The van der Waals surface area contributed by atoms with Crippen LogP contribution >= 0.6 is 0 Å². The van der Waals surface area contributed by atoms with E-state index in [-0.39, 0.29) is 11.4 Å². The molecule has 0 saturated carbocycles. The summed E-state index contributed by atoms with van der Waals surface area (Å²) in [7, 11) is 0. The third-order valence-electron chi connectivity index (χ3n) is 3.94. The average molecular weight is 294 g/mol. The maximum Gasteiger partial charge on any atom is 0.185 e. The van der Waals surface area contributed by atoms with Crippen molar-refractivity contribution in [1.29, 1.82) is 0 Å². The van der Waals surface area contributed by atoms with Crippen molar-refractivity contribution in [3.8, 4) is 0 Å². The molecule has 3 rings (SSSR count). The summed E-state index contributed by atoms with van der Waals surface area (Å²) in [6, 6.07) is 15.0. The highest BCUT2D eigenvalue weighted by Gasteiger charge is 2.18. The molecule has 4 nitrogen and oxygen atoms in total. The number of fused-ring (bicyclic) bond motifs is 3. The van der Waals surface area contributed by atoms with Crippen molar-refractivity contribution in [2.24, 2.45) is 21.9 Å². The fraction of sp³-hybridized carbons (Fsp3) is 0.278. The lowest BCUT2D eigenvalue weighted by atomic mass is 9.85. The number of nitrogens with one attached hydrogen (secondary N) is 1. The van der Waals surface area contributed by atoms with Gasteiger partial charge in [-0.05, 0) is 35.6 Å². The van der Waals surface area contributed by atoms with E-state index in [0.29, 0.717) is 6.54 Å². The van der Waals surface area contributed by atoms with Gasteiger partial charge in [0.2, 0.25) is 0 Å². The van der Waals surface area contributed by atoms with Crippen LogP contribution in [0.25, 0.3) is 21.8 Å². The van der Waals surface area contributed by atoms with E-state index in [4.69, 9.17) is 11.5 Å². The lowest BCUT2D eigenvalue weighted by Gasteiger charge is -2.22. The third kappa shape index (κ3) is 2.91. The normalized spacial score (nSPS) is 11.9. The summed E-state index contributed by atoms with van der Waals surface area (Å²) >= 11 is 0. The maximum atomic E-state index is 5.44. The lowest BCUT2D eigenvalue weighted by Crippen LogP contribution is -2.27. The Balaban J connectivity index is 1.94. The largest absolute Gasteiger partial charge is 0.370 e. The van der Waals surface area contributed by atoms with E-state index in [9.17, 15) is 0 Å². The fourth-order valence-corrected chi connectivity index (χ4v) is 2.92. The first-order valence-electron chi connectivity index (χ1n) is 7.49. The number of aliphatic imine (C=N–C) groups is 1. The fourth-order valence-electron chi connectivity index (χ4n) is 2.92. The van der Waals surface area contributed by atoms with E-state index in [1.165, 1.54) is 27.4 Å². The van der Waals surface area contributed by atoms with Crippen LogP contribution in [0.3, 0.4) is 0 Å². The van der Waals surface area contributed by atoms with Crippen LogP contribution in [0, 0.1) is 5.41 Å². The Labute approximate surface area is 130 Å². The van der Waals surface area contributed by atoms with Crippen molar-refractivity contribution in [3.05, 3.63) is 48.0 Å². The number of hydrogen-bond acceptors (Lipinski definition) is 1. The molecule has 114 valence electrons. The SMILES string of the molecule is CC(C)(CN=C(N)N)Cc1ccc2[nH]c3ccccc3c2c1. The van der Waals surface area contributed by atoms with Crippen LogP contribution in [0.4, 0.5) is 0 Å². The number of aromatic nitrogens is 1. The second kappa shape index (κ2) is 5.37. The van der Waals surface area contributed by atoms with Crippen molar-refractivity contribution in [1.82, 2.24) is 4.98 Å². The molecule has 0 unspecified atom stereocenters. The summed E-state index contributed by atoms with van der Waals surface area (Å²) in [5.41, 5.74) is 14.5. The Kier molecular flexibility index (Phi) is 3.53. The van der Waals surface area contributed by atoms with Crippen molar-refractivity contribution >= 4 is 27.8 Å². The van der Waals surface area contributed by atoms with Gasteiger partial charge in [0.05, 0.1) is 0 Å². The van der Waals surface area contributed by atoms with Gasteiger partial charge in [0.25, 0.3) is 0 Å². The van der Waals surface area contributed by atoms with Gasteiger partial charge in [-0.15, -0.1) is 0 Å². The van der Waals surface area contributed by atoms with Crippen LogP contribution in [-0.2, 0) is 6.42 Å². The van der Waals surface area contributed by atoms with Gasteiger partial charge in [-0.1, -0.05) is 38.1 Å². The number of hydrogen-bond donors (Lipinski definition) is 3. The minimum Gasteiger partial charge on any atom is -0.370 e. The molecule has 0 aliphatic rings. The van der Waals surface area contributed by atoms with Gasteiger partial charge in [-0.25, -0.2) is 0 Å². The summed E-state index contributed by atoms with van der Waals surface area (Å²) < 4.78 is 0. The zero-order valence-corrected chi connectivity index (χ0v) is 13.1. The van der Waals surface area contributed by atoms with E-state index in [1.54, 1.807) is 0 Å². The van der Waals surface area contributed by atoms with Gasteiger partial charge >= 0.3 is 0 Å². The van der Waals surface area contributed by atoms with Crippen molar-refractivity contribution in [3.63, 3.8) is 0 Å². The van der Waals surface area contributed by atoms with Gasteiger partial charge < -0.3 is 16.5 Å². The van der Waals surface area contributed by atoms with Gasteiger partial charge in [-0.2, -0.15) is 0 Å². The number of H-pyrrole nitrogens is 1. The number of nitrogens with zero attached hydrogens (tertiary/aromatic N) is 1. The lowest BCUT2D eigenvalue weighted by molar-refractivity contribution is 0.378. The highest BCUT2D eigenvalue weighted by atomic mass is 15.0. The van der Waals surface area contributed by atoms with Crippen LogP contribution in [0.1, 0.15) is 19.4 Å². The Bertz CT molecular complexity index is 839. The van der Waals surface area contributed by atoms with Gasteiger partial charge in [0.15, 0.2) is 5.96 Å². The van der Waals surface area contributed by atoms with Crippen LogP contribution in [0.15, 0.2) is 47.5 Å². The summed E-state index contributed by atoms with van der Waals surface area (Å²) in [6.07, 6.45) is 0.930. The topological polar surface area (TPSA) is 80.2 Å². The molecule has 0 amide bonds. The first-order valence-corrected chi connectivity index (χ1v) is 7.49. The second-order valence-electron chi connectivity index (χ2n) is 6.63. The Morgan fingerprint density at radius 2 is 1.77 bits per heavy atom. The predicted octanol–water partition coefficient (Wildman–Crippen LogP) is 3.16. The molecule has 22 heavy (non-hydrogen) atoms. The Hall–Kier alpha value is -2.49. The zero-order chi connectivity index (χ0) is 15.7. The number of aromatic amines is 1. The molecule has 0 bridgehead atoms. The third-order valence-corrected chi connectivity index (χ3v) is 3.94. The first kappa shape index (κ1) is 14.4. The highest BCUT2D eigenvalue weighted by Crippen LogP contribution is 2.29. The van der Waals surface area contributed by atoms with Crippen LogP contribution in [-0.4, -0.2) is 17.5 Å². The second-order valence-corrected chi connectivity index (χ2v) is 6.63. The summed E-state index contributed by atoms with van der Waals surface area (Å²) in [6.45, 7) is 4.99. The van der Waals surface area contributed by atoms with Crippen LogP contribution in [0.5, 0.6) is 0 Å². The monoisotopic (exact) mass is 294 g/mol. The van der Waals surface area contributed by atoms with Gasteiger partial charge in [0, 0.05) is 28.4 Å². The van der Waals surface area contributed by atoms with Crippen molar-refractivity contribution < 1.29 is 0 Å². The molecule has 0 saturated heterocycles. The van der Waals surface area contributed by atoms with E-state index in [1.807, 2.05) is 0 Å². The van der Waals surface area contributed by atoms with E-state index >= 15 is 0 Å². The molecule has 0 aliphatic heterocycles. The quantitative estimate of drug-likeness (QED) is 0.510. The molecule has 2 aromatic carbocycles. The summed E-state index contributed by atoms with van der Waals surface area (Å²) in [4.78, 5) is 7.61. The average Bonchev–Trinajstić information content (AvgIpc) is 2.83. The van der Waals surface area contributed by atoms with Gasteiger partial charge in [0.1, 0.15) is 0 Å². The minimum absolute atomic E-state index is 0.0176. The molecule has 0 aliphatic carbocycles. The molecule has 3 aromatic rings. The van der Waals surface area contributed by atoms with E-state index in [0.717, 1.165) is 6.42 Å². The minimum atomic E-state index is 0.0176. The number of guanidine groups is 1. The van der Waals surface area contributed by atoms with Crippen molar-refractivity contribution in [2.75, 3.05) is 6.54 Å². The number of benzene rings is 2. The molecule has 0 fully saturated rings. The van der Waals surface area contributed by atoms with Crippen LogP contribution < -0.4 is 11.5 Å². The zero-order valence-electron chi connectivity index (χ0n) is 13.1. The number of para-hydroxylation sites is 1. The van der Waals surface area contributed by atoms with E-state index in [2.05, 4.69) is 66.3 Å². The Morgan fingerprint density at radius 3 is 2.55 bits per heavy atom.